The van der Waals surface area contributed by atoms with Crippen LogP contribution < -0.4 is 15.3 Å². The summed E-state index contributed by atoms with van der Waals surface area (Å²) in [6.45, 7) is 4.43. The van der Waals surface area contributed by atoms with Crippen LogP contribution in [0.3, 0.4) is 0 Å². The number of nitrogens with zero attached hydrogens (tertiary/aromatic N) is 2. The average Bonchev–Trinajstić information content (AvgIpc) is 2.69. The van der Waals surface area contributed by atoms with Crippen molar-refractivity contribution < 1.29 is 9.15 Å². The predicted octanol–water partition coefficient (Wildman–Crippen LogP) is 3.78. The van der Waals surface area contributed by atoms with Crippen molar-refractivity contribution in [2.24, 2.45) is 0 Å². The largest absolute Gasteiger partial charge is 0.497 e. The maximum absolute atomic E-state index is 11.9. The Morgan fingerprint density at radius 1 is 1.04 bits per heavy atom. The molecule has 2 aromatic carbocycles. The Morgan fingerprint density at radius 2 is 1.78 bits per heavy atom. The summed E-state index contributed by atoms with van der Waals surface area (Å²) in [5, 5.41) is 1.68. The summed E-state index contributed by atoms with van der Waals surface area (Å²) < 4.78 is 10.6. The van der Waals surface area contributed by atoms with Crippen molar-refractivity contribution in [3.8, 4) is 5.75 Å². The standard InChI is InChI=1S/C21H21ClN2O3/c1-26-18-6-7-20-19(13-18)15(12-21(25)27-20)14-23-8-10-24(11-9-23)17-4-2-16(22)3-5-17/h2-7,12-13H,8-11,14H2,1H3. The van der Waals surface area contributed by atoms with Gasteiger partial charge in [0.2, 0.25) is 0 Å². The molecule has 4 rings (SSSR count). The van der Waals surface area contributed by atoms with Gasteiger partial charge in [-0.05, 0) is 48.0 Å². The normalized spacial score (nSPS) is 15.3. The Kier molecular flexibility index (Phi) is 5.05. The number of ether oxygens (including phenoxy) is 1. The number of anilines is 1. The molecule has 0 amide bonds. The third kappa shape index (κ3) is 3.94. The van der Waals surface area contributed by atoms with Gasteiger partial charge < -0.3 is 14.1 Å². The lowest BCUT2D eigenvalue weighted by Gasteiger charge is -2.36. The fraction of sp³-hybridized carbons (Fsp3) is 0.286. The van der Waals surface area contributed by atoms with Crippen molar-refractivity contribution in [1.82, 2.24) is 4.90 Å². The SMILES string of the molecule is COc1ccc2oc(=O)cc(CN3CCN(c4ccc(Cl)cc4)CC3)c2c1. The zero-order valence-corrected chi connectivity index (χ0v) is 15.9. The fourth-order valence-corrected chi connectivity index (χ4v) is 3.65. The minimum Gasteiger partial charge on any atom is -0.497 e. The lowest BCUT2D eigenvalue weighted by molar-refractivity contribution is 0.250. The first-order valence-electron chi connectivity index (χ1n) is 8.96. The van der Waals surface area contributed by atoms with Crippen molar-refractivity contribution in [1.29, 1.82) is 0 Å². The number of halogens is 1. The van der Waals surface area contributed by atoms with Gasteiger partial charge in [-0.15, -0.1) is 0 Å². The third-order valence-electron chi connectivity index (χ3n) is 4.99. The molecule has 0 atom stereocenters. The average molecular weight is 385 g/mol. The molecule has 140 valence electrons. The van der Waals surface area contributed by atoms with Gasteiger partial charge in [0.05, 0.1) is 7.11 Å². The number of rotatable bonds is 4. The van der Waals surface area contributed by atoms with E-state index < -0.39 is 0 Å². The Bertz CT molecular complexity index is 992. The number of methoxy groups -OCH3 is 1. The van der Waals surface area contributed by atoms with E-state index in [1.807, 2.05) is 18.2 Å². The maximum atomic E-state index is 11.9. The van der Waals surface area contributed by atoms with Gasteiger partial charge >= 0.3 is 5.63 Å². The van der Waals surface area contributed by atoms with E-state index in [1.165, 1.54) is 5.69 Å². The molecule has 1 saturated heterocycles. The van der Waals surface area contributed by atoms with Crippen molar-refractivity contribution in [3.05, 3.63) is 69.5 Å². The Hall–Kier alpha value is -2.50. The summed E-state index contributed by atoms with van der Waals surface area (Å²) >= 11 is 5.98. The monoisotopic (exact) mass is 384 g/mol. The molecule has 0 radical (unpaired) electrons. The van der Waals surface area contributed by atoms with Crippen molar-refractivity contribution in [2.75, 3.05) is 38.2 Å². The Balaban J connectivity index is 1.50. The first kappa shape index (κ1) is 17.9. The lowest BCUT2D eigenvalue weighted by Crippen LogP contribution is -2.46. The van der Waals surface area contributed by atoms with Gasteiger partial charge in [-0.1, -0.05) is 11.6 Å². The number of fused-ring (bicyclic) bond motifs is 1. The summed E-state index contributed by atoms with van der Waals surface area (Å²) in [6, 6.07) is 15.1. The maximum Gasteiger partial charge on any atom is 0.336 e. The number of piperazine rings is 1. The van der Waals surface area contributed by atoms with Crippen molar-refractivity contribution >= 4 is 28.3 Å². The molecular formula is C21H21ClN2O3. The highest BCUT2D eigenvalue weighted by molar-refractivity contribution is 6.30. The molecule has 0 saturated carbocycles. The second kappa shape index (κ2) is 7.62. The highest BCUT2D eigenvalue weighted by Crippen LogP contribution is 2.25. The molecular weight excluding hydrogens is 364 g/mol. The Labute approximate surface area is 162 Å². The molecule has 5 nitrogen and oxygen atoms in total. The van der Waals surface area contributed by atoms with Crippen LogP contribution in [0.5, 0.6) is 5.75 Å². The molecule has 0 N–H and O–H groups in total. The summed E-state index contributed by atoms with van der Waals surface area (Å²) in [5.41, 5.74) is 2.44. The second-order valence-corrected chi connectivity index (χ2v) is 7.13. The first-order chi connectivity index (χ1) is 13.1. The Morgan fingerprint density at radius 3 is 2.48 bits per heavy atom. The molecule has 27 heavy (non-hydrogen) atoms. The van der Waals surface area contributed by atoms with Crippen LogP contribution >= 0.6 is 11.6 Å². The molecule has 0 bridgehead atoms. The van der Waals surface area contributed by atoms with Crippen LogP contribution in [0, 0.1) is 0 Å². The first-order valence-corrected chi connectivity index (χ1v) is 9.34. The van der Waals surface area contributed by atoms with Gasteiger partial charge in [-0.25, -0.2) is 4.79 Å². The molecule has 0 spiro atoms. The molecule has 0 aliphatic carbocycles. The van der Waals surface area contributed by atoms with Crippen LogP contribution in [0.25, 0.3) is 11.0 Å². The van der Waals surface area contributed by atoms with Crippen LogP contribution in [0.1, 0.15) is 5.56 Å². The second-order valence-electron chi connectivity index (χ2n) is 6.69. The molecule has 2 heterocycles. The van der Waals surface area contributed by atoms with E-state index >= 15 is 0 Å². The quantitative estimate of drug-likeness (QED) is 0.640. The summed E-state index contributed by atoms with van der Waals surface area (Å²) in [7, 11) is 1.63. The smallest absolute Gasteiger partial charge is 0.336 e. The molecule has 0 unspecified atom stereocenters. The molecule has 3 aromatic rings. The van der Waals surface area contributed by atoms with Gasteiger partial charge in [0, 0.05) is 54.9 Å². The van der Waals surface area contributed by atoms with Crippen molar-refractivity contribution in [3.63, 3.8) is 0 Å². The third-order valence-corrected chi connectivity index (χ3v) is 5.25. The molecule has 1 aliphatic heterocycles. The molecule has 1 aromatic heterocycles. The topological polar surface area (TPSA) is 45.9 Å². The van der Waals surface area contributed by atoms with E-state index in [9.17, 15) is 4.79 Å². The van der Waals surface area contributed by atoms with E-state index in [1.54, 1.807) is 25.3 Å². The highest BCUT2D eigenvalue weighted by Gasteiger charge is 2.19. The summed E-state index contributed by atoms with van der Waals surface area (Å²) in [6.07, 6.45) is 0. The molecule has 1 aliphatic rings. The van der Waals surface area contributed by atoms with Crippen LogP contribution in [0.2, 0.25) is 5.02 Å². The van der Waals surface area contributed by atoms with Gasteiger partial charge in [0.1, 0.15) is 11.3 Å². The summed E-state index contributed by atoms with van der Waals surface area (Å²) in [5.74, 6) is 0.755. The van der Waals surface area contributed by atoms with Crippen LogP contribution in [0.15, 0.2) is 57.7 Å². The van der Waals surface area contributed by atoms with Gasteiger partial charge in [-0.2, -0.15) is 0 Å². The molecule has 1 fully saturated rings. The number of hydrogen-bond acceptors (Lipinski definition) is 5. The van der Waals surface area contributed by atoms with Crippen LogP contribution in [-0.2, 0) is 6.54 Å². The molecule has 6 heteroatoms. The predicted molar refractivity (Wildman–Crippen MR) is 108 cm³/mol. The van der Waals surface area contributed by atoms with Gasteiger partial charge in [-0.3, -0.25) is 4.90 Å². The van der Waals surface area contributed by atoms with E-state index in [2.05, 4.69) is 21.9 Å². The van der Waals surface area contributed by atoms with E-state index in [0.717, 1.165) is 47.9 Å². The number of benzene rings is 2. The van der Waals surface area contributed by atoms with E-state index in [0.29, 0.717) is 12.1 Å². The highest BCUT2D eigenvalue weighted by atomic mass is 35.5. The van der Waals surface area contributed by atoms with Gasteiger partial charge in [0.25, 0.3) is 0 Å². The zero-order chi connectivity index (χ0) is 18.8. The van der Waals surface area contributed by atoms with E-state index in [4.69, 9.17) is 20.8 Å². The van der Waals surface area contributed by atoms with Crippen molar-refractivity contribution in [2.45, 2.75) is 6.54 Å². The van der Waals surface area contributed by atoms with E-state index in [-0.39, 0.29) is 5.63 Å². The van der Waals surface area contributed by atoms with Crippen LogP contribution in [0.4, 0.5) is 5.69 Å². The van der Waals surface area contributed by atoms with Gasteiger partial charge in [0.15, 0.2) is 0 Å². The number of hydrogen-bond donors (Lipinski definition) is 0. The van der Waals surface area contributed by atoms with Crippen LogP contribution in [-0.4, -0.2) is 38.2 Å². The summed E-state index contributed by atoms with van der Waals surface area (Å²) in [4.78, 5) is 16.6. The minimum absolute atomic E-state index is 0.317. The zero-order valence-electron chi connectivity index (χ0n) is 15.2. The lowest BCUT2D eigenvalue weighted by atomic mass is 10.1. The fourth-order valence-electron chi connectivity index (χ4n) is 3.52. The minimum atomic E-state index is -0.317.